The molecule has 0 saturated heterocycles. The highest BCUT2D eigenvalue weighted by molar-refractivity contribution is 5.43. The van der Waals surface area contributed by atoms with Crippen LogP contribution in [-0.4, -0.2) is 23.3 Å². The van der Waals surface area contributed by atoms with Gasteiger partial charge in [-0.05, 0) is 25.5 Å². The van der Waals surface area contributed by atoms with Crippen LogP contribution in [-0.2, 0) is 6.54 Å². The molecule has 2 aromatic rings. The SMILES string of the molecule is COc1nc(C)cc(=O)n1CCCOc1cccc(N)c1. The van der Waals surface area contributed by atoms with E-state index < -0.39 is 0 Å². The second kappa shape index (κ2) is 6.78. The van der Waals surface area contributed by atoms with E-state index in [0.29, 0.717) is 37.0 Å². The maximum atomic E-state index is 11.9. The number of aryl methyl sites for hydroxylation is 1. The molecule has 6 nitrogen and oxygen atoms in total. The molecule has 0 bridgehead atoms. The van der Waals surface area contributed by atoms with Crippen molar-refractivity contribution in [2.45, 2.75) is 19.9 Å². The van der Waals surface area contributed by atoms with Gasteiger partial charge in [-0.15, -0.1) is 0 Å². The highest BCUT2D eigenvalue weighted by Crippen LogP contribution is 2.14. The van der Waals surface area contributed by atoms with E-state index in [9.17, 15) is 4.79 Å². The number of aromatic nitrogens is 2. The Balaban J connectivity index is 1.93. The van der Waals surface area contributed by atoms with Crippen LogP contribution in [0.4, 0.5) is 5.69 Å². The summed E-state index contributed by atoms with van der Waals surface area (Å²) in [6, 6.07) is 9.05. The Labute approximate surface area is 123 Å². The van der Waals surface area contributed by atoms with Crippen molar-refractivity contribution in [3.05, 3.63) is 46.4 Å². The first-order valence-electron chi connectivity index (χ1n) is 6.71. The summed E-state index contributed by atoms with van der Waals surface area (Å²) < 4.78 is 12.2. The van der Waals surface area contributed by atoms with Crippen molar-refractivity contribution in [3.8, 4) is 11.8 Å². The zero-order valence-electron chi connectivity index (χ0n) is 12.2. The van der Waals surface area contributed by atoms with Crippen LogP contribution in [0.1, 0.15) is 12.1 Å². The lowest BCUT2D eigenvalue weighted by Gasteiger charge is -2.11. The largest absolute Gasteiger partial charge is 0.493 e. The van der Waals surface area contributed by atoms with Crippen LogP contribution in [0.5, 0.6) is 11.8 Å². The van der Waals surface area contributed by atoms with E-state index in [4.69, 9.17) is 15.2 Å². The van der Waals surface area contributed by atoms with Crippen molar-refractivity contribution in [1.29, 1.82) is 0 Å². The fourth-order valence-electron chi connectivity index (χ4n) is 1.97. The number of rotatable bonds is 6. The molecule has 112 valence electrons. The minimum Gasteiger partial charge on any atom is -0.493 e. The fourth-order valence-corrected chi connectivity index (χ4v) is 1.97. The number of anilines is 1. The van der Waals surface area contributed by atoms with Crippen LogP contribution in [0.15, 0.2) is 35.1 Å². The molecule has 0 fully saturated rings. The van der Waals surface area contributed by atoms with Gasteiger partial charge in [0.1, 0.15) is 5.75 Å². The van der Waals surface area contributed by atoms with Gasteiger partial charge in [0.25, 0.3) is 11.6 Å². The molecule has 0 saturated carbocycles. The summed E-state index contributed by atoms with van der Waals surface area (Å²) >= 11 is 0. The van der Waals surface area contributed by atoms with Gasteiger partial charge in [0.15, 0.2) is 0 Å². The van der Waals surface area contributed by atoms with E-state index in [-0.39, 0.29) is 5.56 Å². The van der Waals surface area contributed by atoms with Crippen molar-refractivity contribution in [2.24, 2.45) is 0 Å². The lowest BCUT2D eigenvalue weighted by molar-refractivity contribution is 0.288. The minimum absolute atomic E-state index is 0.122. The third-order valence-electron chi connectivity index (χ3n) is 2.94. The number of nitrogens with zero attached hydrogens (tertiary/aromatic N) is 2. The predicted octanol–water partition coefficient (Wildman–Crippen LogP) is 1.61. The summed E-state index contributed by atoms with van der Waals surface area (Å²) in [4.78, 5) is 16.1. The van der Waals surface area contributed by atoms with Crippen LogP contribution in [0, 0.1) is 6.92 Å². The van der Waals surface area contributed by atoms with E-state index in [1.54, 1.807) is 19.1 Å². The standard InChI is InChI=1S/C15H19N3O3/c1-11-9-14(19)18(15(17-11)20-2)7-4-8-21-13-6-3-5-12(16)10-13/h3,5-6,9-10H,4,7-8,16H2,1-2H3. The van der Waals surface area contributed by atoms with Gasteiger partial charge < -0.3 is 15.2 Å². The van der Waals surface area contributed by atoms with Gasteiger partial charge >= 0.3 is 0 Å². The van der Waals surface area contributed by atoms with Crippen molar-refractivity contribution in [2.75, 3.05) is 19.5 Å². The topological polar surface area (TPSA) is 79.4 Å². The van der Waals surface area contributed by atoms with Crippen molar-refractivity contribution in [1.82, 2.24) is 9.55 Å². The number of ether oxygens (including phenoxy) is 2. The summed E-state index contributed by atoms with van der Waals surface area (Å²) in [5, 5.41) is 0. The van der Waals surface area contributed by atoms with E-state index >= 15 is 0 Å². The number of nitrogens with two attached hydrogens (primary N) is 1. The van der Waals surface area contributed by atoms with Gasteiger partial charge in [-0.2, -0.15) is 0 Å². The molecule has 0 aliphatic rings. The molecule has 0 aliphatic heterocycles. The molecule has 1 aromatic carbocycles. The molecular formula is C15H19N3O3. The maximum Gasteiger partial charge on any atom is 0.299 e. The first kappa shape index (κ1) is 14.9. The maximum absolute atomic E-state index is 11.9. The van der Waals surface area contributed by atoms with E-state index in [1.165, 1.54) is 17.7 Å². The highest BCUT2D eigenvalue weighted by Gasteiger charge is 2.07. The molecular weight excluding hydrogens is 270 g/mol. The highest BCUT2D eigenvalue weighted by atomic mass is 16.5. The second-order valence-electron chi connectivity index (χ2n) is 4.65. The Kier molecular flexibility index (Phi) is 4.81. The van der Waals surface area contributed by atoms with E-state index in [1.807, 2.05) is 12.1 Å². The van der Waals surface area contributed by atoms with Crippen molar-refractivity contribution >= 4 is 5.69 Å². The molecule has 1 aromatic heterocycles. The molecule has 21 heavy (non-hydrogen) atoms. The molecule has 2 N–H and O–H groups in total. The van der Waals surface area contributed by atoms with Gasteiger partial charge in [0.2, 0.25) is 0 Å². The van der Waals surface area contributed by atoms with Gasteiger partial charge in [-0.1, -0.05) is 6.07 Å². The Morgan fingerprint density at radius 1 is 1.33 bits per heavy atom. The smallest absolute Gasteiger partial charge is 0.299 e. The van der Waals surface area contributed by atoms with Crippen LogP contribution in [0.3, 0.4) is 0 Å². The van der Waals surface area contributed by atoms with Gasteiger partial charge in [0, 0.05) is 30.1 Å². The third-order valence-corrected chi connectivity index (χ3v) is 2.94. The molecule has 0 radical (unpaired) electrons. The summed E-state index contributed by atoms with van der Waals surface area (Å²) in [7, 11) is 1.50. The Hall–Kier alpha value is -2.50. The lowest BCUT2D eigenvalue weighted by Crippen LogP contribution is -2.23. The Bertz CT molecular complexity index is 667. The molecule has 0 amide bonds. The van der Waals surface area contributed by atoms with E-state index in [2.05, 4.69) is 4.98 Å². The quantitative estimate of drug-likeness (QED) is 0.645. The normalized spacial score (nSPS) is 10.4. The zero-order valence-corrected chi connectivity index (χ0v) is 12.2. The Morgan fingerprint density at radius 2 is 2.14 bits per heavy atom. The summed E-state index contributed by atoms with van der Waals surface area (Å²) in [6.45, 7) is 2.72. The summed E-state index contributed by atoms with van der Waals surface area (Å²) in [5.74, 6) is 0.719. The average molecular weight is 289 g/mol. The van der Waals surface area contributed by atoms with Crippen LogP contribution in [0.2, 0.25) is 0 Å². The third kappa shape index (κ3) is 3.98. The number of benzene rings is 1. The molecule has 0 spiro atoms. The number of nitrogen functional groups attached to an aromatic ring is 1. The summed E-state index contributed by atoms with van der Waals surface area (Å²) in [6.07, 6.45) is 0.663. The second-order valence-corrected chi connectivity index (χ2v) is 4.65. The number of methoxy groups -OCH3 is 1. The number of hydrogen-bond acceptors (Lipinski definition) is 5. The van der Waals surface area contributed by atoms with Crippen LogP contribution < -0.4 is 20.8 Å². The molecule has 0 atom stereocenters. The molecule has 0 unspecified atom stereocenters. The van der Waals surface area contributed by atoms with Gasteiger partial charge in [0.05, 0.1) is 13.7 Å². The van der Waals surface area contributed by atoms with Crippen LogP contribution >= 0.6 is 0 Å². The average Bonchev–Trinajstić information content (AvgIpc) is 2.44. The molecule has 6 heteroatoms. The first-order valence-corrected chi connectivity index (χ1v) is 6.71. The van der Waals surface area contributed by atoms with Crippen molar-refractivity contribution < 1.29 is 9.47 Å². The molecule has 2 rings (SSSR count). The first-order chi connectivity index (χ1) is 10.1. The predicted molar refractivity (Wildman–Crippen MR) is 80.8 cm³/mol. The lowest BCUT2D eigenvalue weighted by atomic mass is 10.3. The number of hydrogen-bond donors (Lipinski definition) is 1. The van der Waals surface area contributed by atoms with Crippen LogP contribution in [0.25, 0.3) is 0 Å². The fraction of sp³-hybridized carbons (Fsp3) is 0.333. The Morgan fingerprint density at radius 3 is 2.86 bits per heavy atom. The molecule has 0 aliphatic carbocycles. The molecule has 1 heterocycles. The van der Waals surface area contributed by atoms with Gasteiger partial charge in [-0.25, -0.2) is 4.98 Å². The van der Waals surface area contributed by atoms with Gasteiger partial charge in [-0.3, -0.25) is 9.36 Å². The van der Waals surface area contributed by atoms with Crippen molar-refractivity contribution in [3.63, 3.8) is 0 Å². The summed E-state index contributed by atoms with van der Waals surface area (Å²) in [5.41, 5.74) is 6.86. The monoisotopic (exact) mass is 289 g/mol. The van der Waals surface area contributed by atoms with E-state index in [0.717, 1.165) is 5.75 Å². The minimum atomic E-state index is -0.122. The zero-order chi connectivity index (χ0) is 15.2.